The van der Waals surface area contributed by atoms with Crippen LogP contribution in [0.1, 0.15) is 24.8 Å². The number of carbonyl (C=O) groups is 1. The van der Waals surface area contributed by atoms with Crippen molar-refractivity contribution >= 4 is 27.5 Å². The number of anilines is 1. The van der Waals surface area contributed by atoms with Crippen LogP contribution in [0.2, 0.25) is 0 Å². The number of aryl methyl sites for hydroxylation is 1. The highest BCUT2D eigenvalue weighted by molar-refractivity contribution is 9.10. The second-order valence-corrected chi connectivity index (χ2v) is 6.28. The Hall–Kier alpha value is -0.910. The van der Waals surface area contributed by atoms with Crippen molar-refractivity contribution in [2.45, 2.75) is 32.2 Å². The van der Waals surface area contributed by atoms with Crippen LogP contribution in [-0.2, 0) is 4.79 Å². The predicted octanol–water partition coefficient (Wildman–Crippen LogP) is 2.51. The fraction of sp³-hybridized carbons (Fsp3) is 0.533. The van der Waals surface area contributed by atoms with Gasteiger partial charge in [0.1, 0.15) is 0 Å². The number of amides is 1. The molecular weight excluding hydrogens is 318 g/mol. The molecule has 1 amide bonds. The Morgan fingerprint density at radius 2 is 2.30 bits per heavy atom. The van der Waals surface area contributed by atoms with Crippen LogP contribution in [0, 0.1) is 6.92 Å². The molecule has 110 valence electrons. The smallest absolute Gasteiger partial charge is 0.238 e. The Labute approximate surface area is 128 Å². The molecule has 1 aliphatic heterocycles. The van der Waals surface area contributed by atoms with Crippen LogP contribution in [0.5, 0.6) is 0 Å². The number of carbonyl (C=O) groups excluding carboxylic acids is 1. The first-order chi connectivity index (χ1) is 9.60. The van der Waals surface area contributed by atoms with Crippen LogP contribution in [0.15, 0.2) is 22.7 Å². The summed E-state index contributed by atoms with van der Waals surface area (Å²) in [7, 11) is 0. The van der Waals surface area contributed by atoms with Crippen molar-refractivity contribution in [2.24, 2.45) is 5.73 Å². The van der Waals surface area contributed by atoms with Gasteiger partial charge < -0.3 is 11.1 Å². The maximum atomic E-state index is 12.2. The van der Waals surface area contributed by atoms with Crippen molar-refractivity contribution in [3.8, 4) is 0 Å². The van der Waals surface area contributed by atoms with Crippen LogP contribution in [0.25, 0.3) is 0 Å². The topological polar surface area (TPSA) is 58.4 Å². The quantitative estimate of drug-likeness (QED) is 0.886. The number of benzene rings is 1. The van der Waals surface area contributed by atoms with E-state index in [9.17, 15) is 4.79 Å². The Morgan fingerprint density at radius 3 is 3.00 bits per heavy atom. The van der Waals surface area contributed by atoms with Gasteiger partial charge in [-0.15, -0.1) is 0 Å². The molecule has 1 saturated heterocycles. The third-order valence-electron chi connectivity index (χ3n) is 3.83. The zero-order valence-electron chi connectivity index (χ0n) is 11.9. The van der Waals surface area contributed by atoms with Crippen molar-refractivity contribution in [3.63, 3.8) is 0 Å². The molecule has 5 heteroatoms. The highest BCUT2D eigenvalue weighted by Gasteiger charge is 2.23. The van der Waals surface area contributed by atoms with Gasteiger partial charge in [-0.3, -0.25) is 9.69 Å². The van der Waals surface area contributed by atoms with Crippen LogP contribution < -0.4 is 11.1 Å². The molecule has 20 heavy (non-hydrogen) atoms. The maximum absolute atomic E-state index is 12.2. The molecule has 1 unspecified atom stereocenters. The predicted molar refractivity (Wildman–Crippen MR) is 85.8 cm³/mol. The van der Waals surface area contributed by atoms with Gasteiger partial charge in [0, 0.05) is 22.7 Å². The molecule has 4 nitrogen and oxygen atoms in total. The summed E-state index contributed by atoms with van der Waals surface area (Å²) in [4.78, 5) is 14.4. The SMILES string of the molecule is Cc1cc(Br)ccc1NC(=O)CN1CCCCC1CN. The fourth-order valence-corrected chi connectivity index (χ4v) is 3.15. The molecule has 1 aromatic rings. The van der Waals surface area contributed by atoms with Crippen LogP contribution in [0.3, 0.4) is 0 Å². The number of nitrogens with zero attached hydrogens (tertiary/aromatic N) is 1. The van der Waals surface area contributed by atoms with E-state index in [1.807, 2.05) is 25.1 Å². The van der Waals surface area contributed by atoms with E-state index >= 15 is 0 Å². The lowest BCUT2D eigenvalue weighted by Gasteiger charge is -2.34. The number of halogens is 1. The maximum Gasteiger partial charge on any atom is 0.238 e. The number of piperidine rings is 1. The van der Waals surface area contributed by atoms with E-state index in [0.717, 1.165) is 35.1 Å². The average molecular weight is 340 g/mol. The summed E-state index contributed by atoms with van der Waals surface area (Å²) in [6.45, 7) is 4.01. The summed E-state index contributed by atoms with van der Waals surface area (Å²) in [5, 5.41) is 2.99. The lowest BCUT2D eigenvalue weighted by Crippen LogP contribution is -2.47. The first-order valence-corrected chi connectivity index (χ1v) is 7.89. The van der Waals surface area contributed by atoms with Crippen LogP contribution in [0.4, 0.5) is 5.69 Å². The lowest BCUT2D eigenvalue weighted by atomic mass is 10.0. The minimum absolute atomic E-state index is 0.0378. The van der Waals surface area contributed by atoms with Crippen molar-refractivity contribution in [1.82, 2.24) is 4.90 Å². The lowest BCUT2D eigenvalue weighted by molar-refractivity contribution is -0.118. The van der Waals surface area contributed by atoms with Gasteiger partial charge in [0.05, 0.1) is 6.54 Å². The Morgan fingerprint density at radius 1 is 1.50 bits per heavy atom. The van der Waals surface area contributed by atoms with E-state index in [4.69, 9.17) is 5.73 Å². The average Bonchev–Trinajstić information content (AvgIpc) is 2.42. The number of nitrogens with two attached hydrogens (primary N) is 1. The highest BCUT2D eigenvalue weighted by atomic mass is 79.9. The van der Waals surface area contributed by atoms with Crippen LogP contribution >= 0.6 is 15.9 Å². The standard InChI is InChI=1S/C15H22BrN3O/c1-11-8-12(16)5-6-14(11)18-15(20)10-19-7-3-2-4-13(19)9-17/h5-6,8,13H,2-4,7,9-10,17H2,1H3,(H,18,20). The van der Waals surface area contributed by atoms with Crippen molar-refractivity contribution in [3.05, 3.63) is 28.2 Å². The van der Waals surface area contributed by atoms with Crippen molar-refractivity contribution in [1.29, 1.82) is 0 Å². The summed E-state index contributed by atoms with van der Waals surface area (Å²) < 4.78 is 1.02. The molecule has 0 spiro atoms. The van der Waals surface area contributed by atoms with Gasteiger partial charge >= 0.3 is 0 Å². The van der Waals surface area contributed by atoms with Gasteiger partial charge in [-0.2, -0.15) is 0 Å². The fourth-order valence-electron chi connectivity index (χ4n) is 2.68. The summed E-state index contributed by atoms with van der Waals surface area (Å²) in [5.41, 5.74) is 7.72. The molecule has 1 atom stereocenters. The molecular formula is C15H22BrN3O. The second-order valence-electron chi connectivity index (χ2n) is 5.36. The van der Waals surface area contributed by atoms with Gasteiger partial charge in [0.2, 0.25) is 5.91 Å². The van der Waals surface area contributed by atoms with E-state index in [1.54, 1.807) is 0 Å². The number of likely N-dealkylation sites (tertiary alicyclic amines) is 1. The van der Waals surface area contributed by atoms with Gasteiger partial charge in [-0.05, 0) is 50.1 Å². The second kappa shape index (κ2) is 7.20. The molecule has 0 aliphatic carbocycles. The largest absolute Gasteiger partial charge is 0.329 e. The molecule has 1 aromatic carbocycles. The van der Waals surface area contributed by atoms with Gasteiger partial charge in [-0.25, -0.2) is 0 Å². The number of rotatable bonds is 4. The normalized spacial score (nSPS) is 19.9. The number of hydrogen-bond acceptors (Lipinski definition) is 3. The minimum atomic E-state index is 0.0378. The zero-order valence-corrected chi connectivity index (χ0v) is 13.4. The molecule has 0 aromatic heterocycles. The molecule has 0 radical (unpaired) electrons. The number of hydrogen-bond donors (Lipinski definition) is 2. The molecule has 1 fully saturated rings. The monoisotopic (exact) mass is 339 g/mol. The van der Waals surface area contributed by atoms with Gasteiger partial charge in [0.25, 0.3) is 0 Å². The molecule has 2 rings (SSSR count). The first kappa shape index (κ1) is 15.5. The van der Waals surface area contributed by atoms with Crippen LogP contribution in [-0.4, -0.2) is 36.5 Å². The van der Waals surface area contributed by atoms with E-state index in [0.29, 0.717) is 19.1 Å². The van der Waals surface area contributed by atoms with Gasteiger partial charge in [0.15, 0.2) is 0 Å². The molecule has 0 saturated carbocycles. The van der Waals surface area contributed by atoms with Crippen molar-refractivity contribution in [2.75, 3.05) is 25.0 Å². The molecule has 3 N–H and O–H groups in total. The molecule has 1 heterocycles. The third-order valence-corrected chi connectivity index (χ3v) is 4.32. The Bertz CT molecular complexity index is 478. The van der Waals surface area contributed by atoms with E-state index in [-0.39, 0.29) is 5.91 Å². The molecule has 0 bridgehead atoms. The summed E-state index contributed by atoms with van der Waals surface area (Å²) in [6, 6.07) is 6.21. The Kier molecular flexibility index (Phi) is 5.57. The van der Waals surface area contributed by atoms with E-state index in [2.05, 4.69) is 26.1 Å². The Balaban J connectivity index is 1.94. The third kappa shape index (κ3) is 4.04. The summed E-state index contributed by atoms with van der Waals surface area (Å²) in [6.07, 6.45) is 3.47. The summed E-state index contributed by atoms with van der Waals surface area (Å²) >= 11 is 3.42. The first-order valence-electron chi connectivity index (χ1n) is 7.10. The molecule has 1 aliphatic rings. The highest BCUT2D eigenvalue weighted by Crippen LogP contribution is 2.20. The van der Waals surface area contributed by atoms with Crippen molar-refractivity contribution < 1.29 is 4.79 Å². The zero-order chi connectivity index (χ0) is 14.5. The van der Waals surface area contributed by atoms with Gasteiger partial charge in [-0.1, -0.05) is 22.4 Å². The van der Waals surface area contributed by atoms with E-state index < -0.39 is 0 Å². The number of nitrogens with one attached hydrogen (secondary N) is 1. The minimum Gasteiger partial charge on any atom is -0.329 e. The van der Waals surface area contributed by atoms with E-state index in [1.165, 1.54) is 6.42 Å². The summed E-state index contributed by atoms with van der Waals surface area (Å²) in [5.74, 6) is 0.0378.